The van der Waals surface area contributed by atoms with Gasteiger partial charge in [-0.05, 0) is 60.7 Å². The van der Waals surface area contributed by atoms with E-state index in [1.165, 1.54) is 31.4 Å². The summed E-state index contributed by atoms with van der Waals surface area (Å²) in [5.41, 5.74) is 0.962. The first-order chi connectivity index (χ1) is 13.8. The molecule has 2 N–H and O–H groups in total. The molecule has 1 amide bonds. The number of hydrogen-bond donors (Lipinski definition) is 2. The Kier molecular flexibility index (Phi) is 6.46. The van der Waals surface area contributed by atoms with Gasteiger partial charge in [0.25, 0.3) is 15.9 Å². The summed E-state index contributed by atoms with van der Waals surface area (Å²) in [6.45, 7) is 0. The zero-order chi connectivity index (χ0) is 21.0. The van der Waals surface area contributed by atoms with Gasteiger partial charge in [0.15, 0.2) is 0 Å². The first-order valence-corrected chi connectivity index (χ1v) is 11.0. The van der Waals surface area contributed by atoms with Crippen LogP contribution in [0.25, 0.3) is 0 Å². The van der Waals surface area contributed by atoms with Gasteiger partial charge in [0, 0.05) is 20.7 Å². The van der Waals surface area contributed by atoms with Gasteiger partial charge in [-0.15, -0.1) is 0 Å². The maximum atomic E-state index is 12.7. The standard InChI is InChI=1S/C20H16BrClN2O4S/c1-28-19-10-7-15(22)12-18(19)23-20(25)13-3-2-4-17(11-13)29(26,27)24-16-8-5-14(21)6-9-16/h2-12,24H,1H3,(H,23,25). The molecule has 3 rings (SSSR count). The summed E-state index contributed by atoms with van der Waals surface area (Å²) in [5, 5.41) is 3.11. The third kappa shape index (κ3) is 5.29. The summed E-state index contributed by atoms with van der Waals surface area (Å²) in [5.74, 6) is -0.0605. The lowest BCUT2D eigenvalue weighted by Crippen LogP contribution is -2.16. The maximum absolute atomic E-state index is 12.7. The lowest BCUT2D eigenvalue weighted by molar-refractivity contribution is 0.102. The number of ether oxygens (including phenoxy) is 1. The van der Waals surface area contributed by atoms with Crippen molar-refractivity contribution in [2.24, 2.45) is 0 Å². The third-order valence-electron chi connectivity index (χ3n) is 3.91. The largest absolute Gasteiger partial charge is 0.495 e. The van der Waals surface area contributed by atoms with E-state index in [-0.39, 0.29) is 10.5 Å². The fraction of sp³-hybridized carbons (Fsp3) is 0.0500. The third-order valence-corrected chi connectivity index (χ3v) is 6.06. The van der Waals surface area contributed by atoms with Crippen molar-refractivity contribution in [2.75, 3.05) is 17.1 Å². The quantitative estimate of drug-likeness (QED) is 0.494. The molecule has 0 saturated carbocycles. The highest BCUT2D eigenvalue weighted by Gasteiger charge is 2.17. The van der Waals surface area contributed by atoms with Crippen molar-refractivity contribution in [2.45, 2.75) is 4.90 Å². The highest BCUT2D eigenvalue weighted by atomic mass is 79.9. The Bertz CT molecular complexity index is 1150. The Balaban J connectivity index is 1.84. The minimum absolute atomic E-state index is 0.0360. The fourth-order valence-corrected chi connectivity index (χ4v) is 4.05. The van der Waals surface area contributed by atoms with Gasteiger partial charge in [-0.2, -0.15) is 0 Å². The number of carbonyl (C=O) groups excluding carboxylic acids is 1. The first kappa shape index (κ1) is 21.2. The summed E-state index contributed by atoms with van der Waals surface area (Å²) in [4.78, 5) is 12.6. The molecule has 6 nitrogen and oxygen atoms in total. The monoisotopic (exact) mass is 494 g/mol. The van der Waals surface area contributed by atoms with Crippen molar-refractivity contribution >= 4 is 54.8 Å². The van der Waals surface area contributed by atoms with Gasteiger partial charge in [0.1, 0.15) is 5.75 Å². The van der Waals surface area contributed by atoms with E-state index in [0.29, 0.717) is 22.1 Å². The van der Waals surface area contributed by atoms with Crippen molar-refractivity contribution in [3.8, 4) is 5.75 Å². The normalized spacial score (nSPS) is 11.0. The Morgan fingerprint density at radius 3 is 2.45 bits per heavy atom. The molecule has 0 unspecified atom stereocenters. The molecular weight excluding hydrogens is 480 g/mol. The predicted molar refractivity (Wildman–Crippen MR) is 117 cm³/mol. The molecule has 0 heterocycles. The number of carbonyl (C=O) groups is 1. The predicted octanol–water partition coefficient (Wildman–Crippen LogP) is 5.16. The van der Waals surface area contributed by atoms with Crippen LogP contribution in [-0.2, 0) is 10.0 Å². The Labute approximate surface area is 182 Å². The Morgan fingerprint density at radius 2 is 1.76 bits per heavy atom. The molecule has 0 aliphatic heterocycles. The molecule has 150 valence electrons. The number of benzene rings is 3. The van der Waals surface area contributed by atoms with E-state index in [1.54, 1.807) is 42.5 Å². The lowest BCUT2D eigenvalue weighted by atomic mass is 10.2. The van der Waals surface area contributed by atoms with Gasteiger partial charge in [0.05, 0.1) is 17.7 Å². The average Bonchev–Trinajstić information content (AvgIpc) is 2.70. The number of sulfonamides is 1. The SMILES string of the molecule is COc1ccc(Cl)cc1NC(=O)c1cccc(S(=O)(=O)Nc2ccc(Br)cc2)c1. The summed E-state index contributed by atoms with van der Waals surface area (Å²) in [6, 6.07) is 17.2. The highest BCUT2D eigenvalue weighted by molar-refractivity contribution is 9.10. The molecule has 3 aromatic rings. The summed E-state index contributed by atoms with van der Waals surface area (Å²) >= 11 is 9.28. The minimum atomic E-state index is -3.87. The number of hydrogen-bond acceptors (Lipinski definition) is 4. The zero-order valence-corrected chi connectivity index (χ0v) is 18.3. The van der Waals surface area contributed by atoms with E-state index < -0.39 is 15.9 Å². The second-order valence-electron chi connectivity index (χ2n) is 5.94. The van der Waals surface area contributed by atoms with Gasteiger partial charge >= 0.3 is 0 Å². The van der Waals surface area contributed by atoms with E-state index in [1.807, 2.05) is 0 Å². The van der Waals surface area contributed by atoms with Crippen molar-refractivity contribution in [1.82, 2.24) is 0 Å². The van der Waals surface area contributed by atoms with Crippen LogP contribution in [0.2, 0.25) is 5.02 Å². The molecule has 3 aromatic carbocycles. The van der Waals surface area contributed by atoms with E-state index in [0.717, 1.165) is 4.47 Å². The second kappa shape index (κ2) is 8.86. The van der Waals surface area contributed by atoms with Crippen LogP contribution < -0.4 is 14.8 Å². The van der Waals surface area contributed by atoms with Crippen LogP contribution in [0.3, 0.4) is 0 Å². The molecule has 0 bridgehead atoms. The number of nitrogens with one attached hydrogen (secondary N) is 2. The second-order valence-corrected chi connectivity index (χ2v) is 8.97. The van der Waals surface area contributed by atoms with Crippen LogP contribution >= 0.6 is 27.5 Å². The number of amides is 1. The van der Waals surface area contributed by atoms with Gasteiger partial charge in [-0.3, -0.25) is 9.52 Å². The number of halogens is 2. The van der Waals surface area contributed by atoms with Gasteiger partial charge in [-0.25, -0.2) is 8.42 Å². The van der Waals surface area contributed by atoms with Crippen LogP contribution in [0, 0.1) is 0 Å². The molecule has 0 aliphatic carbocycles. The fourth-order valence-electron chi connectivity index (χ4n) is 2.51. The molecule has 0 radical (unpaired) electrons. The van der Waals surface area contributed by atoms with Crippen LogP contribution in [-0.4, -0.2) is 21.4 Å². The topological polar surface area (TPSA) is 84.5 Å². The summed E-state index contributed by atoms with van der Waals surface area (Å²) in [7, 11) is -2.39. The molecule has 0 spiro atoms. The van der Waals surface area contributed by atoms with Crippen LogP contribution in [0.1, 0.15) is 10.4 Å². The summed E-state index contributed by atoms with van der Waals surface area (Å²) in [6.07, 6.45) is 0. The van der Waals surface area contributed by atoms with E-state index in [2.05, 4.69) is 26.0 Å². The molecule has 0 atom stereocenters. The lowest BCUT2D eigenvalue weighted by Gasteiger charge is -2.12. The van der Waals surface area contributed by atoms with E-state index in [9.17, 15) is 13.2 Å². The van der Waals surface area contributed by atoms with E-state index in [4.69, 9.17) is 16.3 Å². The molecule has 29 heavy (non-hydrogen) atoms. The van der Waals surface area contributed by atoms with Crippen molar-refractivity contribution < 1.29 is 17.9 Å². The molecule has 0 fully saturated rings. The van der Waals surface area contributed by atoms with Crippen LogP contribution in [0.15, 0.2) is 76.1 Å². The Morgan fingerprint density at radius 1 is 1.03 bits per heavy atom. The molecular formula is C20H16BrClN2O4S. The molecule has 0 aliphatic rings. The Hall–Kier alpha value is -2.55. The molecule has 0 saturated heterocycles. The zero-order valence-electron chi connectivity index (χ0n) is 15.1. The summed E-state index contributed by atoms with van der Waals surface area (Å²) < 4.78 is 33.9. The number of rotatable bonds is 6. The molecule has 9 heteroatoms. The first-order valence-electron chi connectivity index (χ1n) is 8.32. The van der Waals surface area contributed by atoms with Crippen molar-refractivity contribution in [1.29, 1.82) is 0 Å². The van der Waals surface area contributed by atoms with Crippen LogP contribution in [0.5, 0.6) is 5.75 Å². The van der Waals surface area contributed by atoms with Gasteiger partial charge in [-0.1, -0.05) is 33.6 Å². The van der Waals surface area contributed by atoms with Crippen molar-refractivity contribution in [3.63, 3.8) is 0 Å². The minimum Gasteiger partial charge on any atom is -0.495 e. The van der Waals surface area contributed by atoms with Crippen molar-refractivity contribution in [3.05, 3.63) is 81.8 Å². The van der Waals surface area contributed by atoms with E-state index >= 15 is 0 Å². The number of anilines is 2. The molecule has 0 aromatic heterocycles. The average molecular weight is 496 g/mol. The van der Waals surface area contributed by atoms with Crippen LogP contribution in [0.4, 0.5) is 11.4 Å². The highest BCUT2D eigenvalue weighted by Crippen LogP contribution is 2.28. The van der Waals surface area contributed by atoms with Gasteiger partial charge in [0.2, 0.25) is 0 Å². The smallest absolute Gasteiger partial charge is 0.261 e. The number of methoxy groups -OCH3 is 1. The van der Waals surface area contributed by atoms with Gasteiger partial charge < -0.3 is 10.1 Å². The maximum Gasteiger partial charge on any atom is 0.261 e.